The van der Waals surface area contributed by atoms with Crippen LogP contribution in [0.15, 0.2) is 0 Å². The number of rotatable bonds is 12. The second-order valence-electron chi connectivity index (χ2n) is 3.59. The summed E-state index contributed by atoms with van der Waals surface area (Å²) in [4.78, 5) is 1.50. The maximum Gasteiger partial charge on any atom is 0.101 e. The van der Waals surface area contributed by atoms with Crippen molar-refractivity contribution in [1.82, 2.24) is 0 Å². The predicted octanol–water partition coefficient (Wildman–Crippen LogP) is -0.0192. The van der Waals surface area contributed by atoms with Crippen LogP contribution in [0.3, 0.4) is 0 Å². The van der Waals surface area contributed by atoms with Crippen molar-refractivity contribution in [3.8, 4) is 0 Å². The van der Waals surface area contributed by atoms with E-state index in [4.69, 9.17) is 14.2 Å². The Morgan fingerprint density at radius 2 is 0.938 bits per heavy atom. The molecule has 1 N–H and O–H groups in total. The van der Waals surface area contributed by atoms with E-state index >= 15 is 0 Å². The van der Waals surface area contributed by atoms with Crippen molar-refractivity contribution in [2.75, 3.05) is 59.3 Å². The third-order valence-corrected chi connectivity index (χ3v) is 2.41. The van der Waals surface area contributed by atoms with Crippen LogP contribution in [-0.2, 0) is 14.2 Å². The lowest BCUT2D eigenvalue weighted by molar-refractivity contribution is -0.901. The van der Waals surface area contributed by atoms with Crippen molar-refractivity contribution in [2.45, 2.75) is 20.8 Å². The van der Waals surface area contributed by atoms with E-state index < -0.39 is 0 Å². The first-order valence-corrected chi connectivity index (χ1v) is 6.41. The van der Waals surface area contributed by atoms with Gasteiger partial charge in [-0.25, -0.2) is 0 Å². The smallest absolute Gasteiger partial charge is 0.101 e. The van der Waals surface area contributed by atoms with Gasteiger partial charge in [0.1, 0.15) is 19.6 Å². The Hall–Kier alpha value is -0.160. The lowest BCUT2D eigenvalue weighted by atomic mass is 10.4. The highest BCUT2D eigenvalue weighted by molar-refractivity contribution is 4.34. The molecule has 0 heterocycles. The van der Waals surface area contributed by atoms with E-state index in [1.807, 2.05) is 20.8 Å². The number of ether oxygens (including phenoxy) is 3. The van der Waals surface area contributed by atoms with Gasteiger partial charge in [0.2, 0.25) is 0 Å². The van der Waals surface area contributed by atoms with Gasteiger partial charge in [-0.15, -0.1) is 0 Å². The molecule has 0 aliphatic heterocycles. The highest BCUT2D eigenvalue weighted by Crippen LogP contribution is 1.72. The van der Waals surface area contributed by atoms with Gasteiger partial charge in [-0.2, -0.15) is 0 Å². The maximum absolute atomic E-state index is 5.37. The lowest BCUT2D eigenvalue weighted by Gasteiger charge is -2.19. The number of nitrogens with one attached hydrogen (secondary N) is 1. The molecule has 0 aliphatic rings. The molecule has 0 aromatic heterocycles. The molecular formula is C12H28NO3+. The molecule has 0 rings (SSSR count). The van der Waals surface area contributed by atoms with Crippen LogP contribution in [-0.4, -0.2) is 59.3 Å². The van der Waals surface area contributed by atoms with Gasteiger partial charge in [-0.3, -0.25) is 0 Å². The predicted molar refractivity (Wildman–Crippen MR) is 65.0 cm³/mol. The normalized spacial score (nSPS) is 11.2. The summed E-state index contributed by atoms with van der Waals surface area (Å²) in [6, 6.07) is 0. The van der Waals surface area contributed by atoms with Crippen LogP contribution >= 0.6 is 0 Å². The minimum Gasteiger partial charge on any atom is -0.376 e. The fourth-order valence-corrected chi connectivity index (χ4v) is 1.46. The Kier molecular flexibility index (Phi) is 12.8. The van der Waals surface area contributed by atoms with Crippen molar-refractivity contribution in [3.05, 3.63) is 0 Å². The summed E-state index contributed by atoms with van der Waals surface area (Å²) >= 11 is 0. The Bertz CT molecular complexity index is 110. The highest BCUT2D eigenvalue weighted by Gasteiger charge is 2.07. The largest absolute Gasteiger partial charge is 0.376 e. The monoisotopic (exact) mass is 234 g/mol. The summed E-state index contributed by atoms with van der Waals surface area (Å²) in [6.07, 6.45) is 0. The van der Waals surface area contributed by atoms with Crippen molar-refractivity contribution in [2.24, 2.45) is 0 Å². The zero-order chi connectivity index (χ0) is 12.1. The average molecular weight is 234 g/mol. The van der Waals surface area contributed by atoms with Gasteiger partial charge >= 0.3 is 0 Å². The lowest BCUT2D eigenvalue weighted by Crippen LogP contribution is -3.13. The van der Waals surface area contributed by atoms with E-state index in [-0.39, 0.29) is 0 Å². The first kappa shape index (κ1) is 15.8. The van der Waals surface area contributed by atoms with E-state index in [1.165, 1.54) is 4.90 Å². The van der Waals surface area contributed by atoms with Crippen LogP contribution in [0.4, 0.5) is 0 Å². The average Bonchev–Trinajstić information content (AvgIpc) is 2.29. The molecule has 0 amide bonds. The fourth-order valence-electron chi connectivity index (χ4n) is 1.46. The number of hydrogen-bond donors (Lipinski definition) is 1. The van der Waals surface area contributed by atoms with Crippen molar-refractivity contribution in [3.63, 3.8) is 0 Å². The zero-order valence-corrected chi connectivity index (χ0v) is 11.1. The fraction of sp³-hybridized carbons (Fsp3) is 1.00. The molecule has 0 aromatic carbocycles. The second kappa shape index (κ2) is 12.9. The van der Waals surface area contributed by atoms with Crippen LogP contribution < -0.4 is 4.90 Å². The Labute approximate surface area is 99.9 Å². The summed E-state index contributed by atoms with van der Waals surface area (Å²) in [5.41, 5.74) is 0. The van der Waals surface area contributed by atoms with Gasteiger partial charge in [0.05, 0.1) is 19.8 Å². The topological polar surface area (TPSA) is 32.1 Å². The van der Waals surface area contributed by atoms with E-state index in [2.05, 4.69) is 0 Å². The van der Waals surface area contributed by atoms with Crippen molar-refractivity contribution in [1.29, 1.82) is 0 Å². The molecular weight excluding hydrogens is 206 g/mol. The molecule has 0 bridgehead atoms. The number of hydrogen-bond acceptors (Lipinski definition) is 3. The summed E-state index contributed by atoms with van der Waals surface area (Å²) in [6.45, 7) is 14.0. The molecule has 0 aromatic rings. The van der Waals surface area contributed by atoms with Gasteiger partial charge < -0.3 is 19.1 Å². The Morgan fingerprint density at radius 1 is 0.625 bits per heavy atom. The molecule has 0 fully saturated rings. The van der Waals surface area contributed by atoms with Crippen LogP contribution in [0.5, 0.6) is 0 Å². The second-order valence-corrected chi connectivity index (χ2v) is 3.59. The van der Waals surface area contributed by atoms with Gasteiger partial charge in [-0.1, -0.05) is 0 Å². The molecule has 0 atom stereocenters. The van der Waals surface area contributed by atoms with Crippen molar-refractivity contribution >= 4 is 0 Å². The summed E-state index contributed by atoms with van der Waals surface area (Å²) in [5.74, 6) is 0. The standard InChI is InChI=1S/C12H27NO3/c1-4-14-10-7-13(8-11-15-5-2)9-12-16-6-3/h4-12H2,1-3H3/p+1. The van der Waals surface area contributed by atoms with Gasteiger partial charge in [0, 0.05) is 19.8 Å². The molecule has 0 aliphatic carbocycles. The van der Waals surface area contributed by atoms with E-state index in [0.29, 0.717) is 0 Å². The molecule has 0 spiro atoms. The third-order valence-electron chi connectivity index (χ3n) is 2.41. The van der Waals surface area contributed by atoms with E-state index in [1.54, 1.807) is 0 Å². The molecule has 0 saturated carbocycles. The summed E-state index contributed by atoms with van der Waals surface area (Å²) < 4.78 is 16.1. The van der Waals surface area contributed by atoms with E-state index in [9.17, 15) is 0 Å². The molecule has 4 heteroatoms. The Morgan fingerprint density at radius 3 is 1.19 bits per heavy atom. The summed E-state index contributed by atoms with van der Waals surface area (Å²) in [7, 11) is 0. The zero-order valence-electron chi connectivity index (χ0n) is 11.1. The molecule has 16 heavy (non-hydrogen) atoms. The minimum atomic E-state index is 0.796. The Balaban J connectivity index is 3.58. The maximum atomic E-state index is 5.37. The first-order chi connectivity index (χ1) is 7.85. The third kappa shape index (κ3) is 10.4. The minimum absolute atomic E-state index is 0.796. The molecule has 0 radical (unpaired) electrons. The van der Waals surface area contributed by atoms with Gasteiger partial charge in [0.25, 0.3) is 0 Å². The SMILES string of the molecule is CCOCC[NH+](CCOCC)CCOCC. The van der Waals surface area contributed by atoms with Crippen LogP contribution in [0.2, 0.25) is 0 Å². The number of quaternary nitrogens is 1. The molecule has 98 valence electrons. The quantitative estimate of drug-likeness (QED) is 0.482. The van der Waals surface area contributed by atoms with Crippen molar-refractivity contribution < 1.29 is 19.1 Å². The highest BCUT2D eigenvalue weighted by atomic mass is 16.5. The molecule has 4 nitrogen and oxygen atoms in total. The van der Waals surface area contributed by atoms with Gasteiger partial charge in [0.15, 0.2) is 0 Å². The van der Waals surface area contributed by atoms with Crippen LogP contribution in [0, 0.1) is 0 Å². The van der Waals surface area contributed by atoms with Gasteiger partial charge in [-0.05, 0) is 20.8 Å². The summed E-state index contributed by atoms with van der Waals surface area (Å²) in [5, 5.41) is 0. The first-order valence-electron chi connectivity index (χ1n) is 6.41. The van der Waals surface area contributed by atoms with E-state index in [0.717, 1.165) is 59.3 Å². The molecule has 0 saturated heterocycles. The van der Waals surface area contributed by atoms with Crippen LogP contribution in [0.25, 0.3) is 0 Å². The van der Waals surface area contributed by atoms with Crippen LogP contribution in [0.1, 0.15) is 20.8 Å². The molecule has 0 unspecified atom stereocenters.